The van der Waals surface area contributed by atoms with E-state index in [9.17, 15) is 0 Å². The summed E-state index contributed by atoms with van der Waals surface area (Å²) in [5.41, 5.74) is 1.47. The van der Waals surface area contributed by atoms with Gasteiger partial charge in [0.15, 0.2) is 0 Å². The van der Waals surface area contributed by atoms with Gasteiger partial charge in [0.2, 0.25) is 0 Å². The van der Waals surface area contributed by atoms with Gasteiger partial charge in [0, 0.05) is 17.5 Å². The van der Waals surface area contributed by atoms with E-state index < -0.39 is 0 Å². The van der Waals surface area contributed by atoms with E-state index in [1.165, 1.54) is 29.7 Å². The minimum atomic E-state index is 0.818. The molecule has 2 fully saturated rings. The molecule has 2 aliphatic carbocycles. The lowest BCUT2D eigenvalue weighted by molar-refractivity contribution is 0.481. The molecule has 1 aromatic heterocycles. The Kier molecular flexibility index (Phi) is 2.14. The SMILES string of the molecule is Cc1cc(CNC2CC3CC3C2)cs1. The molecule has 1 N–H and O–H groups in total. The monoisotopic (exact) mass is 207 g/mol. The van der Waals surface area contributed by atoms with Crippen LogP contribution in [0.5, 0.6) is 0 Å². The van der Waals surface area contributed by atoms with Gasteiger partial charge in [-0.3, -0.25) is 0 Å². The second kappa shape index (κ2) is 3.35. The van der Waals surface area contributed by atoms with Gasteiger partial charge in [0.1, 0.15) is 0 Å². The summed E-state index contributed by atoms with van der Waals surface area (Å²) in [6, 6.07) is 3.12. The zero-order valence-electron chi connectivity index (χ0n) is 8.62. The molecule has 2 heteroatoms. The second-order valence-corrected chi connectivity index (χ2v) is 5.99. The first-order valence-corrected chi connectivity index (χ1v) is 6.46. The Labute approximate surface area is 89.5 Å². The first-order chi connectivity index (χ1) is 6.81. The molecule has 2 saturated carbocycles. The molecule has 2 aliphatic rings. The fraction of sp³-hybridized carbons (Fsp3) is 0.667. The molecule has 3 rings (SSSR count). The number of fused-ring (bicyclic) bond motifs is 1. The fourth-order valence-corrected chi connectivity index (χ4v) is 3.44. The van der Waals surface area contributed by atoms with Gasteiger partial charge < -0.3 is 5.32 Å². The topological polar surface area (TPSA) is 12.0 Å². The minimum absolute atomic E-state index is 0.818. The van der Waals surface area contributed by atoms with Gasteiger partial charge >= 0.3 is 0 Å². The lowest BCUT2D eigenvalue weighted by Gasteiger charge is -2.12. The zero-order valence-corrected chi connectivity index (χ0v) is 9.44. The van der Waals surface area contributed by atoms with Crippen LogP contribution >= 0.6 is 11.3 Å². The standard InChI is InChI=1S/C12H17NS/c1-8-2-9(7-14-8)6-13-12-4-10-3-11(10)5-12/h2,7,10-13H,3-6H2,1H3. The molecule has 1 nitrogen and oxygen atoms in total. The Morgan fingerprint density at radius 3 is 2.79 bits per heavy atom. The highest BCUT2D eigenvalue weighted by Crippen LogP contribution is 2.51. The first-order valence-electron chi connectivity index (χ1n) is 5.58. The molecule has 2 atom stereocenters. The van der Waals surface area contributed by atoms with E-state index in [1.807, 2.05) is 11.3 Å². The third kappa shape index (κ3) is 1.73. The highest BCUT2D eigenvalue weighted by molar-refractivity contribution is 7.10. The van der Waals surface area contributed by atoms with Crippen LogP contribution in [0.3, 0.4) is 0 Å². The van der Waals surface area contributed by atoms with E-state index in [-0.39, 0.29) is 0 Å². The molecule has 0 bridgehead atoms. The highest BCUT2D eigenvalue weighted by Gasteiger charge is 2.45. The van der Waals surface area contributed by atoms with E-state index in [1.54, 1.807) is 0 Å². The normalized spacial score (nSPS) is 34.5. The van der Waals surface area contributed by atoms with Gasteiger partial charge in [-0.1, -0.05) is 0 Å². The third-order valence-corrected chi connectivity index (χ3v) is 4.53. The van der Waals surface area contributed by atoms with Crippen LogP contribution < -0.4 is 5.32 Å². The maximum Gasteiger partial charge on any atom is 0.0216 e. The van der Waals surface area contributed by atoms with Crippen LogP contribution in [-0.4, -0.2) is 6.04 Å². The Morgan fingerprint density at radius 2 is 2.14 bits per heavy atom. The van der Waals surface area contributed by atoms with E-state index in [4.69, 9.17) is 0 Å². The summed E-state index contributed by atoms with van der Waals surface area (Å²) in [5, 5.41) is 5.95. The van der Waals surface area contributed by atoms with Crippen LogP contribution in [0.4, 0.5) is 0 Å². The van der Waals surface area contributed by atoms with Gasteiger partial charge in [-0.2, -0.15) is 0 Å². The number of aryl methyl sites for hydroxylation is 1. The predicted octanol–water partition coefficient (Wildman–Crippen LogP) is 2.94. The molecule has 0 saturated heterocycles. The molecule has 0 spiro atoms. The van der Waals surface area contributed by atoms with E-state index in [2.05, 4.69) is 23.7 Å². The highest BCUT2D eigenvalue weighted by atomic mass is 32.1. The van der Waals surface area contributed by atoms with Crippen LogP contribution in [0.15, 0.2) is 11.4 Å². The average molecular weight is 207 g/mol. The minimum Gasteiger partial charge on any atom is -0.310 e. The second-order valence-electron chi connectivity index (χ2n) is 4.87. The Bertz CT molecular complexity index is 321. The maximum atomic E-state index is 3.68. The maximum absolute atomic E-state index is 3.68. The number of hydrogen-bond donors (Lipinski definition) is 1. The van der Waals surface area contributed by atoms with Crippen LogP contribution in [0.2, 0.25) is 0 Å². The quantitative estimate of drug-likeness (QED) is 0.803. The van der Waals surface area contributed by atoms with E-state index in [0.717, 1.165) is 24.4 Å². The molecular formula is C12H17NS. The van der Waals surface area contributed by atoms with Crippen molar-refractivity contribution in [2.24, 2.45) is 11.8 Å². The van der Waals surface area contributed by atoms with Crippen molar-refractivity contribution in [3.63, 3.8) is 0 Å². The summed E-state index contributed by atoms with van der Waals surface area (Å²) in [4.78, 5) is 1.43. The summed E-state index contributed by atoms with van der Waals surface area (Å²) in [6.07, 6.45) is 4.40. The Hall–Kier alpha value is -0.340. The molecule has 2 unspecified atom stereocenters. The van der Waals surface area contributed by atoms with Gasteiger partial charge in [-0.15, -0.1) is 11.3 Å². The molecule has 1 heterocycles. The smallest absolute Gasteiger partial charge is 0.0216 e. The molecule has 0 aromatic carbocycles. The van der Waals surface area contributed by atoms with Gasteiger partial charge in [-0.25, -0.2) is 0 Å². The predicted molar refractivity (Wildman–Crippen MR) is 60.5 cm³/mol. The zero-order chi connectivity index (χ0) is 9.54. The lowest BCUT2D eigenvalue weighted by atomic mass is 10.1. The molecular weight excluding hydrogens is 190 g/mol. The van der Waals surface area contributed by atoms with Crippen molar-refractivity contribution in [2.45, 2.75) is 38.8 Å². The van der Waals surface area contributed by atoms with Crippen LogP contribution in [0.1, 0.15) is 29.7 Å². The molecule has 0 amide bonds. The molecule has 0 radical (unpaired) electrons. The van der Waals surface area contributed by atoms with Crippen molar-refractivity contribution in [3.8, 4) is 0 Å². The number of thiophene rings is 1. The van der Waals surface area contributed by atoms with Crippen molar-refractivity contribution in [1.29, 1.82) is 0 Å². The van der Waals surface area contributed by atoms with Gasteiger partial charge in [0.05, 0.1) is 0 Å². The number of nitrogens with one attached hydrogen (secondary N) is 1. The molecule has 14 heavy (non-hydrogen) atoms. The van der Waals surface area contributed by atoms with Crippen LogP contribution in [-0.2, 0) is 6.54 Å². The average Bonchev–Trinajstić information content (AvgIpc) is 2.63. The van der Waals surface area contributed by atoms with Crippen molar-refractivity contribution < 1.29 is 0 Å². The lowest BCUT2D eigenvalue weighted by Crippen LogP contribution is -2.26. The summed E-state index contributed by atoms with van der Waals surface area (Å²) in [5.74, 6) is 2.19. The van der Waals surface area contributed by atoms with E-state index in [0.29, 0.717) is 0 Å². The van der Waals surface area contributed by atoms with Crippen molar-refractivity contribution >= 4 is 11.3 Å². The fourth-order valence-electron chi connectivity index (χ4n) is 2.73. The van der Waals surface area contributed by atoms with Crippen LogP contribution in [0.25, 0.3) is 0 Å². The van der Waals surface area contributed by atoms with Crippen molar-refractivity contribution in [2.75, 3.05) is 0 Å². The summed E-state index contributed by atoms with van der Waals surface area (Å²) in [7, 11) is 0. The number of rotatable bonds is 3. The summed E-state index contributed by atoms with van der Waals surface area (Å²) < 4.78 is 0. The molecule has 0 aliphatic heterocycles. The van der Waals surface area contributed by atoms with Crippen molar-refractivity contribution in [1.82, 2.24) is 5.32 Å². The molecule has 76 valence electrons. The summed E-state index contributed by atoms with van der Waals surface area (Å²) in [6.45, 7) is 3.26. The first kappa shape index (κ1) is 8.93. The van der Waals surface area contributed by atoms with Gasteiger partial charge in [-0.05, 0) is 55.0 Å². The third-order valence-electron chi connectivity index (χ3n) is 3.62. The van der Waals surface area contributed by atoms with Gasteiger partial charge in [0.25, 0.3) is 0 Å². The Balaban J connectivity index is 1.50. The van der Waals surface area contributed by atoms with Crippen molar-refractivity contribution in [3.05, 3.63) is 21.9 Å². The summed E-state index contributed by atoms with van der Waals surface area (Å²) >= 11 is 1.86. The van der Waals surface area contributed by atoms with Crippen LogP contribution in [0, 0.1) is 18.8 Å². The molecule has 1 aromatic rings. The number of hydrogen-bond acceptors (Lipinski definition) is 2. The Morgan fingerprint density at radius 1 is 1.36 bits per heavy atom. The largest absolute Gasteiger partial charge is 0.310 e. The van der Waals surface area contributed by atoms with E-state index >= 15 is 0 Å².